The van der Waals surface area contributed by atoms with E-state index >= 15 is 0 Å². The molecule has 146 valence electrons. The summed E-state index contributed by atoms with van der Waals surface area (Å²) in [4.78, 5) is 17.5. The van der Waals surface area contributed by atoms with Gasteiger partial charge in [0, 0.05) is 23.8 Å². The minimum Gasteiger partial charge on any atom is -0.375 e. The van der Waals surface area contributed by atoms with Crippen molar-refractivity contribution in [3.8, 4) is 6.07 Å². The Balaban J connectivity index is 1.71. The molecule has 2 aromatic heterocycles. The number of nitrogens with zero attached hydrogens (tertiary/aromatic N) is 4. The number of hydrogen-bond acceptors (Lipinski definition) is 7. The summed E-state index contributed by atoms with van der Waals surface area (Å²) in [5.41, 5.74) is 4.04. The molecule has 1 aromatic carbocycles. The van der Waals surface area contributed by atoms with Gasteiger partial charge in [0.1, 0.15) is 17.2 Å². The van der Waals surface area contributed by atoms with Gasteiger partial charge in [-0.1, -0.05) is 0 Å². The third-order valence-electron chi connectivity index (χ3n) is 5.06. The first-order chi connectivity index (χ1) is 14.1. The molecule has 5 rings (SSSR count). The van der Waals surface area contributed by atoms with Crippen molar-refractivity contribution < 1.29 is 9.53 Å². The van der Waals surface area contributed by atoms with Crippen molar-refractivity contribution in [3.05, 3.63) is 46.6 Å². The predicted molar refractivity (Wildman–Crippen MR) is 106 cm³/mol. The average Bonchev–Trinajstić information content (AvgIpc) is 3.34. The summed E-state index contributed by atoms with van der Waals surface area (Å²) in [7, 11) is 0. The predicted octanol–water partition coefficient (Wildman–Crippen LogP) is 1.96. The Hall–Kier alpha value is -3.64. The second kappa shape index (κ2) is 6.76. The summed E-state index contributed by atoms with van der Waals surface area (Å²) < 4.78 is 7.43. The van der Waals surface area contributed by atoms with Crippen LogP contribution in [0.4, 0.5) is 17.3 Å². The number of nitrogens with one attached hydrogen (secondary N) is 3. The van der Waals surface area contributed by atoms with E-state index in [1.807, 2.05) is 13.0 Å². The number of amides is 1. The zero-order chi connectivity index (χ0) is 20.0. The van der Waals surface area contributed by atoms with Gasteiger partial charge in [-0.2, -0.15) is 14.9 Å². The van der Waals surface area contributed by atoms with E-state index in [0.29, 0.717) is 35.8 Å². The Labute approximate surface area is 166 Å². The van der Waals surface area contributed by atoms with Gasteiger partial charge in [-0.25, -0.2) is 4.98 Å². The normalized spacial score (nSPS) is 18.3. The molecular formula is C20H19N7O2. The molecule has 4 bridgehead atoms. The lowest BCUT2D eigenvalue weighted by Gasteiger charge is -2.17. The van der Waals surface area contributed by atoms with Gasteiger partial charge in [-0.3, -0.25) is 4.79 Å². The zero-order valence-corrected chi connectivity index (χ0v) is 15.8. The van der Waals surface area contributed by atoms with Gasteiger partial charge in [0.2, 0.25) is 0 Å². The maximum Gasteiger partial charge on any atom is 0.257 e. The molecule has 2 aliphatic rings. The lowest BCUT2D eigenvalue weighted by molar-refractivity contribution is 0.0821. The third kappa shape index (κ3) is 3.03. The molecule has 3 aromatic rings. The van der Waals surface area contributed by atoms with Crippen LogP contribution in [0.5, 0.6) is 0 Å². The fourth-order valence-electron chi connectivity index (χ4n) is 3.76. The van der Waals surface area contributed by atoms with Gasteiger partial charge < -0.3 is 20.7 Å². The number of carbonyl (C=O) groups excluding carboxylic acids is 1. The van der Waals surface area contributed by atoms with Crippen LogP contribution in [0.25, 0.3) is 5.65 Å². The highest BCUT2D eigenvalue weighted by atomic mass is 16.5. The minimum absolute atomic E-state index is 0.191. The summed E-state index contributed by atoms with van der Waals surface area (Å²) in [6.45, 7) is 3.34. The summed E-state index contributed by atoms with van der Waals surface area (Å²) in [6, 6.07) is 7.54. The molecule has 4 heterocycles. The summed E-state index contributed by atoms with van der Waals surface area (Å²) in [5, 5.41) is 23.4. The van der Waals surface area contributed by atoms with Crippen LogP contribution in [0, 0.1) is 11.3 Å². The number of rotatable bonds is 0. The van der Waals surface area contributed by atoms with E-state index in [9.17, 15) is 10.1 Å². The fourth-order valence-corrected chi connectivity index (χ4v) is 3.76. The van der Waals surface area contributed by atoms with Gasteiger partial charge in [0.05, 0.1) is 31.0 Å². The molecule has 2 aliphatic heterocycles. The van der Waals surface area contributed by atoms with E-state index in [-0.39, 0.29) is 11.9 Å². The van der Waals surface area contributed by atoms with Gasteiger partial charge in [-0.15, -0.1) is 0 Å². The second-order valence-corrected chi connectivity index (χ2v) is 7.30. The first-order valence-electron chi connectivity index (χ1n) is 9.46. The molecule has 0 aliphatic carbocycles. The van der Waals surface area contributed by atoms with Crippen LogP contribution in [0.3, 0.4) is 0 Å². The molecule has 0 radical (unpaired) electrons. The molecule has 9 heteroatoms. The van der Waals surface area contributed by atoms with E-state index in [2.05, 4.69) is 27.1 Å². The molecule has 0 saturated carbocycles. The van der Waals surface area contributed by atoms with Crippen LogP contribution in [0.2, 0.25) is 0 Å². The van der Waals surface area contributed by atoms with Crippen LogP contribution >= 0.6 is 0 Å². The number of fused-ring (bicyclic) bond motifs is 6. The number of ether oxygens (including phenoxy) is 1. The van der Waals surface area contributed by atoms with Crippen molar-refractivity contribution >= 4 is 28.9 Å². The maximum atomic E-state index is 12.8. The lowest BCUT2D eigenvalue weighted by Crippen LogP contribution is -2.35. The quantitative estimate of drug-likeness (QED) is 0.538. The van der Waals surface area contributed by atoms with E-state index in [1.54, 1.807) is 16.6 Å². The van der Waals surface area contributed by atoms with Gasteiger partial charge in [0.15, 0.2) is 5.65 Å². The Bertz CT molecular complexity index is 1180. The van der Waals surface area contributed by atoms with Crippen LogP contribution in [0.1, 0.15) is 34.0 Å². The largest absolute Gasteiger partial charge is 0.375 e. The Morgan fingerprint density at radius 1 is 1.34 bits per heavy atom. The highest BCUT2D eigenvalue weighted by molar-refractivity contribution is 6.00. The molecule has 9 nitrogen and oxygen atoms in total. The van der Waals surface area contributed by atoms with Crippen molar-refractivity contribution in [2.75, 3.05) is 23.8 Å². The first-order valence-corrected chi connectivity index (χ1v) is 9.46. The van der Waals surface area contributed by atoms with Gasteiger partial charge in [0.25, 0.3) is 5.91 Å². The number of anilines is 3. The summed E-state index contributed by atoms with van der Waals surface area (Å²) in [5.74, 6) is 1.24. The van der Waals surface area contributed by atoms with Crippen molar-refractivity contribution in [2.45, 2.75) is 26.0 Å². The number of hydrogen-bond donors (Lipinski definition) is 3. The van der Waals surface area contributed by atoms with Crippen molar-refractivity contribution in [3.63, 3.8) is 0 Å². The molecule has 1 atom stereocenters. The lowest BCUT2D eigenvalue weighted by atomic mass is 10.1. The summed E-state index contributed by atoms with van der Waals surface area (Å²) >= 11 is 0. The van der Waals surface area contributed by atoms with Crippen LogP contribution in [-0.4, -0.2) is 39.7 Å². The Morgan fingerprint density at radius 3 is 3.10 bits per heavy atom. The van der Waals surface area contributed by atoms with Crippen LogP contribution in [0.15, 0.2) is 24.4 Å². The Morgan fingerprint density at radius 2 is 2.24 bits per heavy atom. The van der Waals surface area contributed by atoms with Crippen molar-refractivity contribution in [1.29, 1.82) is 5.26 Å². The topological polar surface area (TPSA) is 116 Å². The molecule has 0 fully saturated rings. The van der Waals surface area contributed by atoms with Gasteiger partial charge >= 0.3 is 0 Å². The molecular weight excluding hydrogens is 370 g/mol. The maximum absolute atomic E-state index is 12.8. The highest BCUT2D eigenvalue weighted by Gasteiger charge is 2.25. The van der Waals surface area contributed by atoms with Crippen molar-refractivity contribution in [1.82, 2.24) is 19.9 Å². The smallest absolute Gasteiger partial charge is 0.257 e. The molecule has 0 spiro atoms. The number of nitriles is 1. The zero-order valence-electron chi connectivity index (χ0n) is 15.8. The SMILES string of the molecule is C[C@@H]1COCc2cc(C#N)cc(c2)Nc2nc3c(cnn3c3c2CCN3)C(=O)N1. The Kier molecular flexibility index (Phi) is 4.07. The summed E-state index contributed by atoms with van der Waals surface area (Å²) in [6.07, 6.45) is 2.32. The van der Waals surface area contributed by atoms with Crippen molar-refractivity contribution in [2.24, 2.45) is 0 Å². The third-order valence-corrected chi connectivity index (χ3v) is 5.06. The number of benzene rings is 1. The number of aromatic nitrogens is 3. The molecule has 0 unspecified atom stereocenters. The van der Waals surface area contributed by atoms with E-state index < -0.39 is 0 Å². The van der Waals surface area contributed by atoms with Crippen LogP contribution in [-0.2, 0) is 17.8 Å². The average molecular weight is 389 g/mol. The molecule has 0 saturated heterocycles. The second-order valence-electron chi connectivity index (χ2n) is 7.30. The first kappa shape index (κ1) is 17.5. The highest BCUT2D eigenvalue weighted by Crippen LogP contribution is 2.32. The van der Waals surface area contributed by atoms with E-state index in [1.165, 1.54) is 6.20 Å². The molecule has 29 heavy (non-hydrogen) atoms. The minimum atomic E-state index is -0.241. The van der Waals surface area contributed by atoms with Crippen LogP contribution < -0.4 is 16.0 Å². The number of carbonyl (C=O) groups is 1. The van der Waals surface area contributed by atoms with E-state index in [4.69, 9.17) is 9.72 Å². The molecule has 3 N–H and O–H groups in total. The van der Waals surface area contributed by atoms with Gasteiger partial charge in [-0.05, 0) is 37.1 Å². The standard InChI is InChI=1S/C20H19N7O2/c1-11-9-29-10-13-4-12(7-21)5-14(6-13)25-17-15-2-3-22-18(15)27-19(26-17)16(8-23-27)20(28)24-11/h4-6,8,11,22H,2-3,9-10H2,1H3,(H,24,28)(H,25,26)/t11-/m1/s1. The van der Waals surface area contributed by atoms with E-state index in [0.717, 1.165) is 35.6 Å². The monoisotopic (exact) mass is 389 g/mol. The molecule has 1 amide bonds. The fraction of sp³-hybridized carbons (Fsp3) is 0.300.